The van der Waals surface area contributed by atoms with E-state index in [1.807, 2.05) is 52.4 Å². The summed E-state index contributed by atoms with van der Waals surface area (Å²) in [5, 5.41) is 21.6. The van der Waals surface area contributed by atoms with Crippen molar-refractivity contribution < 1.29 is 0 Å². The van der Waals surface area contributed by atoms with E-state index in [0.717, 1.165) is 46.1 Å². The Hall–Kier alpha value is -2.88. The predicted octanol–water partition coefficient (Wildman–Crippen LogP) is 5.43. The Morgan fingerprint density at radius 3 is 2.47 bits per heavy atom. The van der Waals surface area contributed by atoms with Gasteiger partial charge < -0.3 is 10.6 Å². The van der Waals surface area contributed by atoms with Crippen LogP contribution in [-0.2, 0) is 19.6 Å². The third-order valence-electron chi connectivity index (χ3n) is 5.68. The highest BCUT2D eigenvalue weighted by Crippen LogP contribution is 2.25. The second kappa shape index (κ2) is 10.2. The third kappa shape index (κ3) is 5.27. The summed E-state index contributed by atoms with van der Waals surface area (Å²) < 4.78 is 5.73. The van der Waals surface area contributed by atoms with Crippen molar-refractivity contribution in [1.82, 2.24) is 29.3 Å². The normalized spacial score (nSPS) is 11.1. The standard InChI is InChI=1S/C23H26Cl2N8S/c1-5-32-15(3)18(9-27-32)11-31-13-20(10-26-31)28-23(34)29-22-14(2)30-33(16(22)4)12-17-6-7-19(24)8-21(17)25/h6-10,13H,5,11-12H2,1-4H3,(H2,28,29,34). The Morgan fingerprint density at radius 1 is 0.971 bits per heavy atom. The summed E-state index contributed by atoms with van der Waals surface area (Å²) in [7, 11) is 0. The highest BCUT2D eigenvalue weighted by Gasteiger charge is 2.15. The van der Waals surface area contributed by atoms with Gasteiger partial charge in [0.05, 0.1) is 48.2 Å². The first-order valence-corrected chi connectivity index (χ1v) is 12.0. The van der Waals surface area contributed by atoms with Crippen LogP contribution in [0.3, 0.4) is 0 Å². The molecule has 0 aliphatic carbocycles. The monoisotopic (exact) mass is 516 g/mol. The van der Waals surface area contributed by atoms with E-state index in [0.29, 0.717) is 28.2 Å². The maximum atomic E-state index is 6.34. The zero-order valence-electron chi connectivity index (χ0n) is 19.4. The summed E-state index contributed by atoms with van der Waals surface area (Å²) in [5.41, 5.74) is 6.67. The largest absolute Gasteiger partial charge is 0.330 e. The SMILES string of the molecule is CCn1ncc(Cn2cc(NC(=S)Nc3c(C)nn(Cc4ccc(Cl)cc4Cl)c3C)cn2)c1C. The van der Waals surface area contributed by atoms with E-state index in [9.17, 15) is 0 Å². The Morgan fingerprint density at radius 2 is 1.76 bits per heavy atom. The van der Waals surface area contributed by atoms with Crippen molar-refractivity contribution in [2.24, 2.45) is 0 Å². The topological polar surface area (TPSA) is 77.5 Å². The fourth-order valence-corrected chi connectivity index (χ4v) is 4.46. The van der Waals surface area contributed by atoms with E-state index in [2.05, 4.69) is 39.8 Å². The fraction of sp³-hybridized carbons (Fsp3) is 0.304. The quantitative estimate of drug-likeness (QED) is 0.318. The maximum absolute atomic E-state index is 6.34. The second-order valence-corrected chi connectivity index (χ2v) is 9.27. The van der Waals surface area contributed by atoms with Gasteiger partial charge in [-0.05, 0) is 57.6 Å². The average Bonchev–Trinajstić information content (AvgIpc) is 3.45. The lowest BCUT2D eigenvalue weighted by Gasteiger charge is -2.10. The number of aromatic nitrogens is 6. The Bertz CT molecular complexity index is 1340. The molecule has 0 bridgehead atoms. The van der Waals surface area contributed by atoms with Gasteiger partial charge in [-0.1, -0.05) is 29.3 Å². The number of nitrogens with zero attached hydrogens (tertiary/aromatic N) is 6. The number of halogens is 2. The molecule has 0 fully saturated rings. The van der Waals surface area contributed by atoms with E-state index in [1.165, 1.54) is 0 Å². The van der Waals surface area contributed by atoms with Gasteiger partial charge in [0, 0.05) is 34.0 Å². The lowest BCUT2D eigenvalue weighted by Crippen LogP contribution is -2.19. The van der Waals surface area contributed by atoms with Crippen molar-refractivity contribution in [2.45, 2.75) is 47.3 Å². The van der Waals surface area contributed by atoms with Gasteiger partial charge >= 0.3 is 0 Å². The molecule has 11 heteroatoms. The molecule has 0 unspecified atom stereocenters. The molecule has 2 N–H and O–H groups in total. The minimum absolute atomic E-state index is 0.463. The van der Waals surface area contributed by atoms with Crippen molar-refractivity contribution >= 4 is 51.9 Å². The summed E-state index contributed by atoms with van der Waals surface area (Å²) >= 11 is 17.9. The lowest BCUT2D eigenvalue weighted by atomic mass is 10.2. The van der Waals surface area contributed by atoms with Crippen LogP contribution in [0.4, 0.5) is 11.4 Å². The molecular weight excluding hydrogens is 491 g/mol. The van der Waals surface area contributed by atoms with E-state index < -0.39 is 0 Å². The molecule has 0 aliphatic rings. The molecule has 0 spiro atoms. The number of anilines is 2. The first kappa shape index (κ1) is 24.3. The molecule has 3 aromatic heterocycles. The lowest BCUT2D eigenvalue weighted by molar-refractivity contribution is 0.633. The number of rotatable bonds is 7. The highest BCUT2D eigenvalue weighted by molar-refractivity contribution is 7.80. The molecule has 0 aliphatic heterocycles. The third-order valence-corrected chi connectivity index (χ3v) is 6.47. The molecule has 1 aromatic carbocycles. The highest BCUT2D eigenvalue weighted by atomic mass is 35.5. The minimum Gasteiger partial charge on any atom is -0.330 e. The van der Waals surface area contributed by atoms with E-state index in [4.69, 9.17) is 35.4 Å². The van der Waals surface area contributed by atoms with E-state index in [-0.39, 0.29) is 0 Å². The number of aryl methyl sites for hydroxylation is 2. The molecule has 4 rings (SSSR count). The van der Waals surface area contributed by atoms with Crippen LogP contribution in [0, 0.1) is 20.8 Å². The van der Waals surface area contributed by atoms with Crippen molar-refractivity contribution in [3.8, 4) is 0 Å². The molecule has 3 heterocycles. The second-order valence-electron chi connectivity index (χ2n) is 8.02. The Kier molecular flexibility index (Phi) is 7.25. The van der Waals surface area contributed by atoms with Gasteiger partial charge in [-0.15, -0.1) is 0 Å². The van der Waals surface area contributed by atoms with Gasteiger partial charge in [0.2, 0.25) is 0 Å². The fourth-order valence-electron chi connectivity index (χ4n) is 3.77. The number of hydrogen-bond donors (Lipinski definition) is 2. The molecule has 0 amide bonds. The smallest absolute Gasteiger partial charge is 0.175 e. The molecule has 0 radical (unpaired) electrons. The first-order chi connectivity index (χ1) is 16.2. The molecule has 0 saturated carbocycles. The summed E-state index contributed by atoms with van der Waals surface area (Å²) in [4.78, 5) is 0. The van der Waals surface area contributed by atoms with Crippen LogP contribution in [0.15, 0.2) is 36.8 Å². The number of thiocarbonyl (C=S) groups is 1. The summed E-state index contributed by atoms with van der Waals surface area (Å²) in [6, 6.07) is 5.47. The van der Waals surface area contributed by atoms with Crippen molar-refractivity contribution in [3.05, 3.63) is 75.0 Å². The van der Waals surface area contributed by atoms with Crippen LogP contribution < -0.4 is 10.6 Å². The minimum atomic E-state index is 0.463. The summed E-state index contributed by atoms with van der Waals surface area (Å²) in [5.74, 6) is 0. The Labute approximate surface area is 213 Å². The molecule has 8 nitrogen and oxygen atoms in total. The van der Waals surface area contributed by atoms with Crippen LogP contribution in [0.2, 0.25) is 10.0 Å². The number of benzene rings is 1. The van der Waals surface area contributed by atoms with Crippen LogP contribution in [0.1, 0.15) is 35.1 Å². The number of nitrogens with one attached hydrogen (secondary N) is 2. The maximum Gasteiger partial charge on any atom is 0.175 e. The van der Waals surface area contributed by atoms with Crippen LogP contribution in [-0.4, -0.2) is 34.5 Å². The molecule has 178 valence electrons. The molecule has 0 atom stereocenters. The molecule has 0 saturated heterocycles. The van der Waals surface area contributed by atoms with Crippen molar-refractivity contribution in [1.29, 1.82) is 0 Å². The van der Waals surface area contributed by atoms with Gasteiger partial charge in [-0.25, -0.2) is 0 Å². The van der Waals surface area contributed by atoms with Crippen LogP contribution >= 0.6 is 35.4 Å². The predicted molar refractivity (Wildman–Crippen MR) is 141 cm³/mol. The van der Waals surface area contributed by atoms with Gasteiger partial charge in [0.1, 0.15) is 0 Å². The molecular formula is C23H26Cl2N8S. The van der Waals surface area contributed by atoms with Crippen LogP contribution in [0.25, 0.3) is 0 Å². The first-order valence-electron chi connectivity index (χ1n) is 10.8. The van der Waals surface area contributed by atoms with E-state index >= 15 is 0 Å². The van der Waals surface area contributed by atoms with Crippen LogP contribution in [0.5, 0.6) is 0 Å². The van der Waals surface area contributed by atoms with E-state index in [1.54, 1.807) is 12.3 Å². The zero-order valence-corrected chi connectivity index (χ0v) is 21.8. The van der Waals surface area contributed by atoms with Gasteiger partial charge in [-0.2, -0.15) is 15.3 Å². The Balaban J connectivity index is 1.41. The van der Waals surface area contributed by atoms with Gasteiger partial charge in [-0.3, -0.25) is 14.0 Å². The molecule has 4 aromatic rings. The summed E-state index contributed by atoms with van der Waals surface area (Å²) in [6.45, 7) is 10.1. The van der Waals surface area contributed by atoms with Gasteiger partial charge in [0.15, 0.2) is 5.11 Å². The zero-order chi connectivity index (χ0) is 24.4. The van der Waals surface area contributed by atoms with Gasteiger partial charge in [0.25, 0.3) is 0 Å². The van der Waals surface area contributed by atoms with Crippen molar-refractivity contribution in [3.63, 3.8) is 0 Å². The average molecular weight is 517 g/mol. The summed E-state index contributed by atoms with van der Waals surface area (Å²) in [6.07, 6.45) is 5.56. The molecule has 34 heavy (non-hydrogen) atoms. The van der Waals surface area contributed by atoms with Crippen molar-refractivity contribution in [2.75, 3.05) is 10.6 Å². The number of hydrogen-bond acceptors (Lipinski definition) is 4.